The predicted octanol–water partition coefficient (Wildman–Crippen LogP) is 2.54. The number of rotatable bonds is 1. The van der Waals surface area contributed by atoms with E-state index in [0.29, 0.717) is 12.4 Å². The van der Waals surface area contributed by atoms with Crippen molar-refractivity contribution in [3.8, 4) is 0 Å². The van der Waals surface area contributed by atoms with E-state index >= 15 is 0 Å². The number of nitrogens with zero attached hydrogens (tertiary/aromatic N) is 1. The van der Waals surface area contributed by atoms with Crippen LogP contribution in [0.1, 0.15) is 30.9 Å². The Morgan fingerprint density at radius 1 is 1.33 bits per heavy atom. The van der Waals surface area contributed by atoms with E-state index in [1.165, 1.54) is 12.1 Å². The molecule has 0 aromatic heterocycles. The van der Waals surface area contributed by atoms with Crippen LogP contribution >= 0.6 is 0 Å². The highest BCUT2D eigenvalue weighted by atomic mass is 19.1. The first kappa shape index (κ1) is 11.7. The molecule has 1 N–H and O–H groups in total. The second-order valence-electron chi connectivity index (χ2n) is 5.35. The van der Waals surface area contributed by atoms with Gasteiger partial charge < -0.3 is 9.64 Å². The molecular formula is C14H17FN2O. The monoisotopic (exact) mass is 248 g/mol. The Labute approximate surface area is 106 Å². The first-order valence-corrected chi connectivity index (χ1v) is 6.33. The maximum atomic E-state index is 13.3. The Balaban J connectivity index is 1.92. The van der Waals surface area contributed by atoms with Crippen LogP contribution in [-0.2, 0) is 11.3 Å². The highest BCUT2D eigenvalue weighted by Gasteiger charge is 2.39. The van der Waals surface area contributed by atoms with Gasteiger partial charge in [-0.2, -0.15) is 0 Å². The number of halogens is 1. The van der Waals surface area contributed by atoms with Crippen LogP contribution in [0.25, 0.3) is 0 Å². The second-order valence-corrected chi connectivity index (χ2v) is 5.35. The quantitative estimate of drug-likeness (QED) is 0.829. The molecule has 1 fully saturated rings. The van der Waals surface area contributed by atoms with E-state index in [0.717, 1.165) is 37.2 Å². The van der Waals surface area contributed by atoms with Crippen molar-refractivity contribution in [3.05, 3.63) is 35.1 Å². The molecule has 3 nitrogen and oxygen atoms in total. The molecule has 1 aromatic rings. The SMILES string of the molecule is CC1(N2Cc3ccc(F)cc3C2=N)CCOCC1. The van der Waals surface area contributed by atoms with Crippen LogP contribution in [-0.4, -0.2) is 29.5 Å². The molecular weight excluding hydrogens is 231 g/mol. The van der Waals surface area contributed by atoms with Gasteiger partial charge in [0.05, 0.1) is 0 Å². The molecule has 2 heterocycles. The van der Waals surface area contributed by atoms with Gasteiger partial charge in [0.1, 0.15) is 11.7 Å². The minimum absolute atomic E-state index is 0.0369. The molecule has 3 rings (SSSR count). The van der Waals surface area contributed by atoms with E-state index in [1.807, 2.05) is 0 Å². The molecule has 0 bridgehead atoms. The van der Waals surface area contributed by atoms with Crippen LogP contribution in [0, 0.1) is 11.2 Å². The summed E-state index contributed by atoms with van der Waals surface area (Å²) >= 11 is 0. The van der Waals surface area contributed by atoms with Crippen molar-refractivity contribution in [1.29, 1.82) is 5.41 Å². The van der Waals surface area contributed by atoms with Gasteiger partial charge in [0.2, 0.25) is 0 Å². The average Bonchev–Trinajstić information content (AvgIpc) is 2.68. The third-order valence-corrected chi connectivity index (χ3v) is 4.15. The van der Waals surface area contributed by atoms with Gasteiger partial charge in [-0.05, 0) is 37.5 Å². The molecule has 0 amide bonds. The lowest BCUT2D eigenvalue weighted by Gasteiger charge is -2.42. The zero-order valence-electron chi connectivity index (χ0n) is 10.5. The smallest absolute Gasteiger partial charge is 0.129 e. The summed E-state index contributed by atoms with van der Waals surface area (Å²) in [5.41, 5.74) is 1.75. The molecule has 0 aliphatic carbocycles. The van der Waals surface area contributed by atoms with Crippen molar-refractivity contribution in [2.24, 2.45) is 0 Å². The maximum absolute atomic E-state index is 13.3. The number of nitrogens with one attached hydrogen (secondary N) is 1. The molecule has 2 aliphatic heterocycles. The van der Waals surface area contributed by atoms with E-state index in [-0.39, 0.29) is 11.4 Å². The van der Waals surface area contributed by atoms with Crippen LogP contribution in [0.2, 0.25) is 0 Å². The van der Waals surface area contributed by atoms with Crippen molar-refractivity contribution in [2.45, 2.75) is 31.8 Å². The van der Waals surface area contributed by atoms with Gasteiger partial charge in [-0.1, -0.05) is 6.07 Å². The molecule has 0 saturated carbocycles. The van der Waals surface area contributed by atoms with Crippen molar-refractivity contribution >= 4 is 5.84 Å². The summed E-state index contributed by atoms with van der Waals surface area (Å²) in [4.78, 5) is 2.10. The van der Waals surface area contributed by atoms with Crippen LogP contribution in [0.15, 0.2) is 18.2 Å². The zero-order chi connectivity index (χ0) is 12.8. The second kappa shape index (κ2) is 4.05. The first-order valence-electron chi connectivity index (χ1n) is 6.33. The van der Waals surface area contributed by atoms with E-state index in [4.69, 9.17) is 10.1 Å². The topological polar surface area (TPSA) is 36.3 Å². The molecule has 1 aromatic carbocycles. The third kappa shape index (κ3) is 1.72. The predicted molar refractivity (Wildman–Crippen MR) is 67.2 cm³/mol. The van der Waals surface area contributed by atoms with E-state index in [2.05, 4.69) is 11.8 Å². The number of amidine groups is 1. The van der Waals surface area contributed by atoms with Crippen LogP contribution in [0.5, 0.6) is 0 Å². The van der Waals surface area contributed by atoms with Gasteiger partial charge in [0, 0.05) is 30.9 Å². The Hall–Kier alpha value is -1.42. The number of hydrogen-bond donors (Lipinski definition) is 1. The van der Waals surface area contributed by atoms with Crippen molar-refractivity contribution in [1.82, 2.24) is 4.90 Å². The van der Waals surface area contributed by atoms with Crippen LogP contribution in [0.3, 0.4) is 0 Å². The minimum Gasteiger partial charge on any atom is -0.381 e. The lowest BCUT2D eigenvalue weighted by atomic mass is 9.90. The lowest BCUT2D eigenvalue weighted by molar-refractivity contribution is 0.00867. The average molecular weight is 248 g/mol. The van der Waals surface area contributed by atoms with Gasteiger partial charge in [-0.3, -0.25) is 5.41 Å². The largest absolute Gasteiger partial charge is 0.381 e. The number of fused-ring (bicyclic) bond motifs is 1. The van der Waals surface area contributed by atoms with Gasteiger partial charge in [0.25, 0.3) is 0 Å². The molecule has 0 atom stereocenters. The minimum atomic E-state index is -0.266. The Morgan fingerprint density at radius 2 is 2.06 bits per heavy atom. The Morgan fingerprint density at radius 3 is 2.78 bits per heavy atom. The molecule has 96 valence electrons. The summed E-state index contributed by atoms with van der Waals surface area (Å²) in [6, 6.07) is 4.74. The molecule has 0 radical (unpaired) electrons. The molecule has 0 unspecified atom stereocenters. The highest BCUT2D eigenvalue weighted by Crippen LogP contribution is 2.35. The third-order valence-electron chi connectivity index (χ3n) is 4.15. The summed E-state index contributed by atoms with van der Waals surface area (Å²) in [5.74, 6) is 0.186. The van der Waals surface area contributed by atoms with E-state index in [9.17, 15) is 4.39 Å². The Kier molecular flexibility index (Phi) is 2.63. The fourth-order valence-electron chi connectivity index (χ4n) is 2.84. The molecule has 2 aliphatic rings. The molecule has 0 spiro atoms. The van der Waals surface area contributed by atoms with Crippen LogP contribution < -0.4 is 0 Å². The standard InChI is InChI=1S/C14H17FN2O/c1-14(4-6-18-7-5-14)17-9-10-2-3-11(15)8-12(10)13(17)16/h2-3,8,16H,4-7,9H2,1H3. The van der Waals surface area contributed by atoms with Gasteiger partial charge in [-0.15, -0.1) is 0 Å². The van der Waals surface area contributed by atoms with E-state index in [1.54, 1.807) is 6.07 Å². The van der Waals surface area contributed by atoms with Gasteiger partial charge >= 0.3 is 0 Å². The summed E-state index contributed by atoms with van der Waals surface area (Å²) in [6.45, 7) is 4.37. The van der Waals surface area contributed by atoms with E-state index < -0.39 is 0 Å². The maximum Gasteiger partial charge on any atom is 0.129 e. The van der Waals surface area contributed by atoms with Crippen molar-refractivity contribution in [2.75, 3.05) is 13.2 Å². The van der Waals surface area contributed by atoms with Gasteiger partial charge in [-0.25, -0.2) is 4.39 Å². The summed E-state index contributed by atoms with van der Waals surface area (Å²) in [7, 11) is 0. The van der Waals surface area contributed by atoms with Crippen molar-refractivity contribution in [3.63, 3.8) is 0 Å². The van der Waals surface area contributed by atoms with Crippen molar-refractivity contribution < 1.29 is 9.13 Å². The fourth-order valence-corrected chi connectivity index (χ4v) is 2.84. The van der Waals surface area contributed by atoms with Crippen LogP contribution in [0.4, 0.5) is 4.39 Å². The Bertz CT molecular complexity index is 495. The lowest BCUT2D eigenvalue weighted by Crippen LogP contribution is -2.50. The summed E-state index contributed by atoms with van der Waals surface area (Å²) in [5, 5.41) is 8.26. The number of benzene rings is 1. The number of ether oxygens (including phenoxy) is 1. The van der Waals surface area contributed by atoms with Gasteiger partial charge in [0.15, 0.2) is 0 Å². The zero-order valence-corrected chi connectivity index (χ0v) is 10.5. The highest BCUT2D eigenvalue weighted by molar-refractivity contribution is 6.00. The fraction of sp³-hybridized carbons (Fsp3) is 0.500. The summed E-state index contributed by atoms with van der Waals surface area (Å²) in [6.07, 6.45) is 1.84. The molecule has 4 heteroatoms. The first-order chi connectivity index (χ1) is 8.60. The summed E-state index contributed by atoms with van der Waals surface area (Å²) < 4.78 is 18.7. The normalized spacial score (nSPS) is 22.1. The molecule has 1 saturated heterocycles. The number of hydrogen-bond acceptors (Lipinski definition) is 2. The molecule has 18 heavy (non-hydrogen) atoms.